The van der Waals surface area contributed by atoms with Gasteiger partial charge in [0.1, 0.15) is 17.1 Å². The Hall–Kier alpha value is -2.79. The largest absolute Gasteiger partial charge is 0.493 e. The quantitative estimate of drug-likeness (QED) is 0.200. The van der Waals surface area contributed by atoms with Crippen molar-refractivity contribution in [3.63, 3.8) is 0 Å². The van der Waals surface area contributed by atoms with Crippen LogP contribution in [-0.2, 0) is 16.1 Å². The molecular weight excluding hydrogens is 599 g/mol. The average Bonchev–Trinajstić information content (AvgIpc) is 3.45. The Balaban J connectivity index is 0.00000227. The maximum atomic E-state index is 13.0. The fourth-order valence-corrected chi connectivity index (χ4v) is 4.53. The smallest absolute Gasteiger partial charge is 0.407 e. The maximum absolute atomic E-state index is 13.0. The van der Waals surface area contributed by atoms with Crippen molar-refractivity contribution in [3.8, 4) is 5.75 Å². The van der Waals surface area contributed by atoms with Gasteiger partial charge in [-0.2, -0.15) is 23.5 Å². The summed E-state index contributed by atoms with van der Waals surface area (Å²) < 4.78 is 16.7. The summed E-state index contributed by atoms with van der Waals surface area (Å²) in [5.74, 6) is 2.53. The summed E-state index contributed by atoms with van der Waals surface area (Å²) in [4.78, 5) is 37.6. The summed E-state index contributed by atoms with van der Waals surface area (Å²) in [5, 5.41) is 8.37. The van der Waals surface area contributed by atoms with Crippen LogP contribution >= 0.6 is 23.5 Å². The highest BCUT2D eigenvalue weighted by Gasteiger charge is 2.22. The zero-order chi connectivity index (χ0) is 33.3. The molecule has 1 aromatic heterocycles. The lowest BCUT2D eigenvalue weighted by Gasteiger charge is -2.26. The molecule has 1 heterocycles. The lowest BCUT2D eigenvalue weighted by atomic mass is 9.96. The van der Waals surface area contributed by atoms with E-state index in [9.17, 15) is 14.4 Å². The van der Waals surface area contributed by atoms with Crippen molar-refractivity contribution in [3.05, 3.63) is 53.5 Å². The van der Waals surface area contributed by atoms with Gasteiger partial charge in [0.2, 0.25) is 5.91 Å². The van der Waals surface area contributed by atoms with E-state index in [0.29, 0.717) is 35.9 Å². The summed E-state index contributed by atoms with van der Waals surface area (Å²) >= 11 is 3.61. The van der Waals surface area contributed by atoms with E-state index in [1.165, 1.54) is 12.0 Å². The van der Waals surface area contributed by atoms with Crippen molar-refractivity contribution in [2.45, 2.75) is 97.6 Å². The number of carbonyl (C=O) groups excluding carboxylic acids is 3. The lowest BCUT2D eigenvalue weighted by Crippen LogP contribution is -2.41. The molecule has 2 rings (SSSR count). The summed E-state index contributed by atoms with van der Waals surface area (Å²) in [6, 6.07) is 8.76. The molecule has 0 spiro atoms. The Morgan fingerprint density at radius 1 is 1.02 bits per heavy atom. The van der Waals surface area contributed by atoms with Crippen LogP contribution in [0.5, 0.6) is 5.75 Å². The first-order valence-corrected chi connectivity index (χ1v) is 17.4. The van der Waals surface area contributed by atoms with Gasteiger partial charge in [0.05, 0.1) is 26.0 Å². The normalized spacial score (nSPS) is 12.1. The zero-order valence-electron chi connectivity index (χ0n) is 28.1. The maximum Gasteiger partial charge on any atom is 0.407 e. The van der Waals surface area contributed by atoms with Crippen LogP contribution in [0.1, 0.15) is 96.3 Å². The second-order valence-electron chi connectivity index (χ2n) is 12.4. The van der Waals surface area contributed by atoms with E-state index < -0.39 is 11.7 Å². The second kappa shape index (κ2) is 19.6. The van der Waals surface area contributed by atoms with Gasteiger partial charge >= 0.3 is 6.09 Å². The fraction of sp³-hybridized carbons (Fsp3) is 0.606. The van der Waals surface area contributed by atoms with Crippen LogP contribution in [0.4, 0.5) is 4.79 Å². The molecular formula is C33H53N3O6S2. The van der Waals surface area contributed by atoms with Gasteiger partial charge < -0.3 is 29.8 Å². The topological polar surface area (TPSA) is 119 Å². The van der Waals surface area contributed by atoms with Gasteiger partial charge in [-0.15, -0.1) is 0 Å². The first-order chi connectivity index (χ1) is 20.5. The number of hydrogen-bond donors (Lipinski definition) is 3. The Kier molecular flexibility index (Phi) is 17.4. The molecule has 0 bridgehead atoms. The van der Waals surface area contributed by atoms with Gasteiger partial charge in [-0.05, 0) is 68.5 Å². The monoisotopic (exact) mass is 651 g/mol. The minimum absolute atomic E-state index is 0.0410. The highest BCUT2D eigenvalue weighted by Crippen LogP contribution is 2.26. The van der Waals surface area contributed by atoms with Crippen LogP contribution in [0, 0.1) is 0 Å². The van der Waals surface area contributed by atoms with Gasteiger partial charge in [0.15, 0.2) is 0 Å². The average molecular weight is 652 g/mol. The van der Waals surface area contributed by atoms with Crippen molar-refractivity contribution in [1.29, 1.82) is 0 Å². The van der Waals surface area contributed by atoms with Crippen molar-refractivity contribution in [2.24, 2.45) is 0 Å². The molecule has 1 unspecified atom stereocenters. The molecule has 2 aromatic rings. The third-order valence-electron chi connectivity index (χ3n) is 5.80. The minimum atomic E-state index is -0.586. The number of nitrogens with one attached hydrogen (secondary N) is 3. The molecule has 11 heteroatoms. The van der Waals surface area contributed by atoms with Gasteiger partial charge in [0, 0.05) is 28.5 Å². The number of amides is 3. The van der Waals surface area contributed by atoms with E-state index in [1.807, 2.05) is 58.5 Å². The molecule has 1 aromatic carbocycles. The Bertz CT molecular complexity index is 1140. The molecule has 0 aliphatic carbocycles. The van der Waals surface area contributed by atoms with E-state index in [2.05, 4.69) is 49.9 Å². The van der Waals surface area contributed by atoms with Gasteiger partial charge in [-0.3, -0.25) is 9.59 Å². The SMILES string of the molecule is CC(C)c1ccc(OCCC(CSC(C)(C)C)NC(=O)OC(C)(C)C)cc1C(=O)NCC(=O)NCc1ccco1.CCSC. The number of thioether (sulfide) groups is 2. The van der Waals surface area contributed by atoms with E-state index in [4.69, 9.17) is 13.9 Å². The van der Waals surface area contributed by atoms with Crippen molar-refractivity contribution in [1.82, 2.24) is 16.0 Å². The van der Waals surface area contributed by atoms with Crippen LogP contribution in [0.2, 0.25) is 0 Å². The Morgan fingerprint density at radius 2 is 1.70 bits per heavy atom. The second-order valence-corrected chi connectivity index (χ2v) is 15.4. The first-order valence-electron chi connectivity index (χ1n) is 15.0. The highest BCUT2D eigenvalue weighted by molar-refractivity contribution is 8.00. The molecule has 248 valence electrons. The highest BCUT2D eigenvalue weighted by atomic mass is 32.2. The first kappa shape index (κ1) is 39.2. The Morgan fingerprint density at radius 3 is 2.25 bits per heavy atom. The number of hydrogen-bond acceptors (Lipinski definition) is 8. The Labute approximate surface area is 272 Å². The standard InChI is InChI=1S/C30H45N3O6S.C3H8S/c1-20(2)24-12-11-22(16-25(24)27(35)32-18-26(34)31-17-23-10-9-14-37-23)38-15-13-21(19-40-30(6,7)8)33-28(36)39-29(3,4)5;1-3-4-2/h9-12,14,16,20-21H,13,15,17-19H2,1-8H3,(H,31,34)(H,32,35)(H,33,36);3H2,1-2H3. The molecule has 0 radical (unpaired) electrons. The van der Waals surface area contributed by atoms with E-state index in [-0.39, 0.29) is 41.6 Å². The number of ether oxygens (including phenoxy) is 2. The number of furan rings is 1. The third kappa shape index (κ3) is 17.5. The number of carbonyl (C=O) groups is 3. The van der Waals surface area contributed by atoms with Gasteiger partial charge in [0.25, 0.3) is 5.91 Å². The number of alkyl carbamates (subject to hydrolysis) is 1. The molecule has 1 atom stereocenters. The molecule has 3 amide bonds. The van der Waals surface area contributed by atoms with E-state index >= 15 is 0 Å². The molecule has 9 nitrogen and oxygen atoms in total. The van der Waals surface area contributed by atoms with Crippen molar-refractivity contribution in [2.75, 3.05) is 30.9 Å². The van der Waals surface area contributed by atoms with Crippen LogP contribution in [-0.4, -0.2) is 65.2 Å². The predicted octanol–water partition coefficient (Wildman–Crippen LogP) is 7.01. The number of rotatable bonds is 14. The molecule has 3 N–H and O–H groups in total. The predicted molar refractivity (Wildman–Crippen MR) is 183 cm³/mol. The van der Waals surface area contributed by atoms with Crippen molar-refractivity contribution < 1.29 is 28.3 Å². The lowest BCUT2D eigenvalue weighted by molar-refractivity contribution is -0.120. The fourth-order valence-electron chi connectivity index (χ4n) is 3.58. The third-order valence-corrected chi connectivity index (χ3v) is 7.82. The molecule has 44 heavy (non-hydrogen) atoms. The zero-order valence-corrected chi connectivity index (χ0v) is 29.8. The van der Waals surface area contributed by atoms with Crippen LogP contribution < -0.4 is 20.7 Å². The number of benzene rings is 1. The molecule has 0 saturated carbocycles. The molecule has 0 fully saturated rings. The van der Waals surface area contributed by atoms with Crippen LogP contribution in [0.25, 0.3) is 0 Å². The van der Waals surface area contributed by atoms with E-state index in [0.717, 1.165) is 5.56 Å². The minimum Gasteiger partial charge on any atom is -0.493 e. The van der Waals surface area contributed by atoms with Crippen LogP contribution in [0.15, 0.2) is 41.0 Å². The summed E-state index contributed by atoms with van der Waals surface area (Å²) in [5.41, 5.74) is 0.724. The van der Waals surface area contributed by atoms with Crippen LogP contribution in [0.3, 0.4) is 0 Å². The summed E-state index contributed by atoms with van der Waals surface area (Å²) in [7, 11) is 0. The van der Waals surface area contributed by atoms with Crippen molar-refractivity contribution >= 4 is 41.4 Å². The molecule has 0 saturated heterocycles. The summed E-state index contributed by atoms with van der Waals surface area (Å²) in [6.45, 7) is 18.5. The van der Waals surface area contributed by atoms with Gasteiger partial charge in [-0.25, -0.2) is 4.79 Å². The summed E-state index contributed by atoms with van der Waals surface area (Å²) in [6.07, 6.45) is 3.74. The molecule has 0 aliphatic heterocycles. The molecule has 0 aliphatic rings. The van der Waals surface area contributed by atoms with Gasteiger partial charge in [-0.1, -0.05) is 47.6 Å². The van der Waals surface area contributed by atoms with E-state index in [1.54, 1.807) is 30.0 Å².